The number of nitrogens with two attached hydrogens (primary N) is 1. The first-order chi connectivity index (χ1) is 8.70. The third-order valence-electron chi connectivity index (χ3n) is 2.98. The molecule has 0 aliphatic carbocycles. The number of hydrogen-bond acceptors (Lipinski definition) is 4. The van der Waals surface area contributed by atoms with Crippen LogP contribution in [0.15, 0.2) is 16.6 Å². The Morgan fingerprint density at radius 2 is 2.33 bits per heavy atom. The molecule has 0 spiro atoms. The first-order valence-corrected chi connectivity index (χ1v) is 6.33. The van der Waals surface area contributed by atoms with E-state index in [1.54, 1.807) is 13.2 Å². The zero-order chi connectivity index (χ0) is 12.7. The molecule has 18 heavy (non-hydrogen) atoms. The average Bonchev–Trinajstić information content (AvgIpc) is 2.99. The summed E-state index contributed by atoms with van der Waals surface area (Å²) in [5.41, 5.74) is 8.59. The van der Waals surface area contributed by atoms with Gasteiger partial charge < -0.3 is 15.2 Å². The van der Waals surface area contributed by atoms with E-state index in [1.807, 2.05) is 6.07 Å². The van der Waals surface area contributed by atoms with Gasteiger partial charge in [0.15, 0.2) is 11.5 Å². The zero-order valence-corrected chi connectivity index (χ0v) is 11.4. The number of anilines is 1. The maximum atomic E-state index is 5.64. The lowest BCUT2D eigenvalue weighted by atomic mass is 10.1. The number of H-pyrrole nitrogens is 1. The maximum absolute atomic E-state index is 5.64. The van der Waals surface area contributed by atoms with E-state index in [4.69, 9.17) is 15.2 Å². The van der Waals surface area contributed by atoms with Crippen molar-refractivity contribution >= 4 is 21.7 Å². The Hall–Kier alpha value is -1.69. The molecule has 1 aliphatic heterocycles. The largest absolute Gasteiger partial charge is 0.493 e. The van der Waals surface area contributed by atoms with E-state index in [1.165, 1.54) is 0 Å². The molecule has 0 saturated heterocycles. The van der Waals surface area contributed by atoms with Gasteiger partial charge in [0, 0.05) is 28.1 Å². The van der Waals surface area contributed by atoms with Gasteiger partial charge in [0.2, 0.25) is 0 Å². The summed E-state index contributed by atoms with van der Waals surface area (Å²) in [5.74, 6) is 2.02. The second kappa shape index (κ2) is 4.20. The lowest BCUT2D eigenvalue weighted by Gasteiger charge is -2.11. The number of hydrogen-bond donors (Lipinski definition) is 2. The second-order valence-electron chi connectivity index (χ2n) is 4.05. The van der Waals surface area contributed by atoms with Gasteiger partial charge in [-0.3, -0.25) is 5.10 Å². The van der Waals surface area contributed by atoms with Gasteiger partial charge in [0.1, 0.15) is 5.82 Å². The number of ether oxygens (including phenoxy) is 2. The van der Waals surface area contributed by atoms with E-state index in [0.717, 1.165) is 39.2 Å². The summed E-state index contributed by atoms with van der Waals surface area (Å²) in [6.45, 7) is 0.679. The van der Waals surface area contributed by atoms with Crippen LogP contribution in [-0.2, 0) is 6.42 Å². The van der Waals surface area contributed by atoms with Crippen LogP contribution in [0, 0.1) is 0 Å². The molecular formula is C12H12BrN3O2. The Bertz CT molecular complexity index is 610. The van der Waals surface area contributed by atoms with Gasteiger partial charge in [0.05, 0.1) is 19.4 Å². The first kappa shape index (κ1) is 11.4. The van der Waals surface area contributed by atoms with Crippen molar-refractivity contribution in [2.24, 2.45) is 0 Å². The van der Waals surface area contributed by atoms with Crippen LogP contribution >= 0.6 is 15.9 Å². The van der Waals surface area contributed by atoms with Crippen molar-refractivity contribution in [1.82, 2.24) is 10.2 Å². The third kappa shape index (κ3) is 1.64. The van der Waals surface area contributed by atoms with Gasteiger partial charge >= 0.3 is 0 Å². The van der Waals surface area contributed by atoms with E-state index in [9.17, 15) is 0 Å². The molecule has 1 aromatic heterocycles. The molecule has 2 aromatic rings. The summed E-state index contributed by atoms with van der Waals surface area (Å²) in [5, 5.41) is 6.85. The smallest absolute Gasteiger partial charge is 0.165 e. The highest BCUT2D eigenvalue weighted by molar-refractivity contribution is 9.10. The van der Waals surface area contributed by atoms with Crippen LogP contribution in [0.3, 0.4) is 0 Å². The SMILES string of the molecule is COc1cc(-c2cc(N)n[nH]2)c(Br)c2c1OCC2. The summed E-state index contributed by atoms with van der Waals surface area (Å²) in [6.07, 6.45) is 0.865. The maximum Gasteiger partial charge on any atom is 0.165 e. The Balaban J connectivity index is 2.21. The number of rotatable bonds is 2. The number of benzene rings is 1. The molecule has 2 heterocycles. The molecule has 0 atom stereocenters. The van der Waals surface area contributed by atoms with Crippen molar-refractivity contribution in [2.75, 3.05) is 19.5 Å². The van der Waals surface area contributed by atoms with Crippen molar-refractivity contribution in [3.8, 4) is 22.8 Å². The summed E-state index contributed by atoms with van der Waals surface area (Å²) >= 11 is 3.62. The molecule has 1 aliphatic rings. The number of nitrogens with zero attached hydrogens (tertiary/aromatic N) is 1. The monoisotopic (exact) mass is 309 g/mol. The lowest BCUT2D eigenvalue weighted by molar-refractivity contribution is 0.326. The van der Waals surface area contributed by atoms with Crippen LogP contribution < -0.4 is 15.2 Å². The Kier molecular flexibility index (Phi) is 2.66. The third-order valence-corrected chi connectivity index (χ3v) is 3.89. The molecule has 1 aromatic carbocycles. The van der Waals surface area contributed by atoms with Gasteiger partial charge in [0.25, 0.3) is 0 Å². The van der Waals surface area contributed by atoms with E-state index >= 15 is 0 Å². The van der Waals surface area contributed by atoms with Crippen LogP contribution in [-0.4, -0.2) is 23.9 Å². The molecule has 0 radical (unpaired) electrons. The quantitative estimate of drug-likeness (QED) is 0.893. The van der Waals surface area contributed by atoms with E-state index < -0.39 is 0 Å². The fourth-order valence-electron chi connectivity index (χ4n) is 2.13. The summed E-state index contributed by atoms with van der Waals surface area (Å²) in [7, 11) is 1.64. The molecule has 0 fully saturated rings. The molecule has 3 rings (SSSR count). The summed E-state index contributed by atoms with van der Waals surface area (Å²) in [4.78, 5) is 0. The van der Waals surface area contributed by atoms with Gasteiger partial charge in [-0.1, -0.05) is 0 Å². The molecule has 3 N–H and O–H groups in total. The zero-order valence-electron chi connectivity index (χ0n) is 9.79. The molecular weight excluding hydrogens is 298 g/mol. The number of fused-ring (bicyclic) bond motifs is 1. The van der Waals surface area contributed by atoms with Gasteiger partial charge in [-0.25, -0.2) is 0 Å². The van der Waals surface area contributed by atoms with Gasteiger partial charge in [-0.05, 0) is 22.0 Å². The standard InChI is InChI=1S/C12H12BrN3O2/c1-17-9-4-7(8-5-10(14)16-15-8)11(13)6-2-3-18-12(6)9/h4-5H,2-3H2,1H3,(H3,14,15,16). The normalized spacial score (nSPS) is 13.2. The Morgan fingerprint density at radius 1 is 1.50 bits per heavy atom. The van der Waals surface area contributed by atoms with Gasteiger partial charge in [-0.15, -0.1) is 0 Å². The molecule has 0 amide bonds. The van der Waals surface area contributed by atoms with E-state index in [0.29, 0.717) is 12.4 Å². The van der Waals surface area contributed by atoms with Crippen molar-refractivity contribution in [3.05, 3.63) is 22.2 Å². The van der Waals surface area contributed by atoms with Gasteiger partial charge in [-0.2, -0.15) is 5.10 Å². The van der Waals surface area contributed by atoms with E-state index in [-0.39, 0.29) is 0 Å². The highest BCUT2D eigenvalue weighted by atomic mass is 79.9. The Morgan fingerprint density at radius 3 is 3.00 bits per heavy atom. The summed E-state index contributed by atoms with van der Waals surface area (Å²) < 4.78 is 12.0. The molecule has 0 saturated carbocycles. The Labute approximate surface area is 112 Å². The van der Waals surface area contributed by atoms with Crippen molar-refractivity contribution < 1.29 is 9.47 Å². The number of nitrogens with one attached hydrogen (secondary N) is 1. The van der Waals surface area contributed by atoms with Crippen molar-refractivity contribution in [1.29, 1.82) is 0 Å². The van der Waals surface area contributed by atoms with E-state index in [2.05, 4.69) is 26.1 Å². The minimum atomic E-state index is 0.465. The molecule has 5 nitrogen and oxygen atoms in total. The number of aromatic nitrogens is 2. The fourth-order valence-corrected chi connectivity index (χ4v) is 2.84. The van der Waals surface area contributed by atoms with Crippen LogP contribution in [0.1, 0.15) is 5.56 Å². The molecule has 0 unspecified atom stereocenters. The van der Waals surface area contributed by atoms with Crippen molar-refractivity contribution in [2.45, 2.75) is 6.42 Å². The fraction of sp³-hybridized carbons (Fsp3) is 0.250. The minimum Gasteiger partial charge on any atom is -0.493 e. The predicted octanol–water partition coefficient (Wildman–Crippen LogP) is 2.36. The topological polar surface area (TPSA) is 73.2 Å². The summed E-state index contributed by atoms with van der Waals surface area (Å²) in [6, 6.07) is 3.71. The van der Waals surface area contributed by atoms with Crippen molar-refractivity contribution in [3.63, 3.8) is 0 Å². The van der Waals surface area contributed by atoms with Crippen LogP contribution in [0.2, 0.25) is 0 Å². The number of halogens is 1. The number of methoxy groups -OCH3 is 1. The second-order valence-corrected chi connectivity index (χ2v) is 4.85. The average molecular weight is 310 g/mol. The first-order valence-electron chi connectivity index (χ1n) is 5.54. The highest BCUT2D eigenvalue weighted by Gasteiger charge is 2.24. The van der Waals surface area contributed by atoms with Crippen LogP contribution in [0.5, 0.6) is 11.5 Å². The minimum absolute atomic E-state index is 0.465. The number of nitrogen functional groups attached to an aromatic ring is 1. The molecule has 6 heteroatoms. The molecule has 0 bridgehead atoms. The highest BCUT2D eigenvalue weighted by Crippen LogP contribution is 2.45. The lowest BCUT2D eigenvalue weighted by Crippen LogP contribution is -1.92. The predicted molar refractivity (Wildman–Crippen MR) is 71.9 cm³/mol. The van der Waals surface area contributed by atoms with Crippen LogP contribution in [0.25, 0.3) is 11.3 Å². The van der Waals surface area contributed by atoms with Crippen LogP contribution in [0.4, 0.5) is 5.82 Å². The number of aromatic amines is 1. The molecule has 94 valence electrons.